The van der Waals surface area contributed by atoms with Gasteiger partial charge in [0.05, 0.1) is 12.2 Å². The van der Waals surface area contributed by atoms with Crippen LogP contribution in [0.2, 0.25) is 0 Å². The molecular formula is C17H26N4O3. The maximum absolute atomic E-state index is 12.5. The summed E-state index contributed by atoms with van der Waals surface area (Å²) in [6, 6.07) is 1.27. The second-order valence-electron chi connectivity index (χ2n) is 7.00. The molecule has 2 rings (SSSR count). The van der Waals surface area contributed by atoms with Gasteiger partial charge in [-0.1, -0.05) is 0 Å². The van der Waals surface area contributed by atoms with Gasteiger partial charge in [-0.25, -0.2) is 14.8 Å². The summed E-state index contributed by atoms with van der Waals surface area (Å²) in [5, 5.41) is 2.86. The topological polar surface area (TPSA) is 84.4 Å². The zero-order valence-electron chi connectivity index (χ0n) is 14.8. The number of amides is 2. The number of hydrogen-bond donors (Lipinski definition) is 1. The molecule has 0 bridgehead atoms. The van der Waals surface area contributed by atoms with E-state index in [9.17, 15) is 9.59 Å². The Morgan fingerprint density at radius 1 is 1.38 bits per heavy atom. The van der Waals surface area contributed by atoms with Crippen LogP contribution in [0.25, 0.3) is 0 Å². The third-order valence-electron chi connectivity index (χ3n) is 3.71. The number of hydrogen-bond acceptors (Lipinski definition) is 5. The summed E-state index contributed by atoms with van der Waals surface area (Å²) >= 11 is 0. The van der Waals surface area contributed by atoms with E-state index in [1.807, 2.05) is 20.8 Å². The van der Waals surface area contributed by atoms with Crippen molar-refractivity contribution in [3.05, 3.63) is 23.8 Å². The summed E-state index contributed by atoms with van der Waals surface area (Å²) in [5.74, 6) is 0.492. The molecule has 1 aliphatic rings. The molecule has 0 radical (unpaired) electrons. The predicted molar refractivity (Wildman–Crippen MR) is 89.2 cm³/mol. The second kappa shape index (κ2) is 7.59. The normalized spacial score (nSPS) is 18.2. The standard InChI is InChI=1S/C17H26N4O3/c1-12-18-9-8-13(20-12)11-19-15(22)14-7-5-6-10-21(14)16(23)24-17(2,3)4/h8-9,14H,5-7,10-11H2,1-4H3,(H,19,22). The minimum atomic E-state index is -0.575. The Morgan fingerprint density at radius 3 is 2.79 bits per heavy atom. The largest absolute Gasteiger partial charge is 0.444 e. The number of nitrogens with zero attached hydrogens (tertiary/aromatic N) is 3. The maximum atomic E-state index is 12.5. The highest BCUT2D eigenvalue weighted by Gasteiger charge is 2.34. The van der Waals surface area contributed by atoms with Gasteiger partial charge in [-0.3, -0.25) is 9.69 Å². The van der Waals surface area contributed by atoms with Gasteiger partial charge in [0.25, 0.3) is 0 Å². The number of likely N-dealkylation sites (tertiary alicyclic amines) is 1. The van der Waals surface area contributed by atoms with Crippen LogP contribution in [0.3, 0.4) is 0 Å². The van der Waals surface area contributed by atoms with Gasteiger partial charge in [-0.15, -0.1) is 0 Å². The van der Waals surface area contributed by atoms with Crippen LogP contribution in [-0.4, -0.2) is 45.1 Å². The molecule has 0 saturated carbocycles. The van der Waals surface area contributed by atoms with E-state index < -0.39 is 17.7 Å². The number of aromatic nitrogens is 2. The van der Waals surface area contributed by atoms with Gasteiger partial charge in [0.1, 0.15) is 17.5 Å². The fraction of sp³-hybridized carbons (Fsp3) is 0.647. The van der Waals surface area contributed by atoms with Crippen LogP contribution in [0.4, 0.5) is 4.79 Å². The molecule has 2 amide bonds. The van der Waals surface area contributed by atoms with Crippen LogP contribution in [0.5, 0.6) is 0 Å². The number of aryl methyl sites for hydroxylation is 1. The lowest BCUT2D eigenvalue weighted by atomic mass is 10.0. The molecule has 0 aliphatic carbocycles. The lowest BCUT2D eigenvalue weighted by Crippen LogP contribution is -2.53. The van der Waals surface area contributed by atoms with Crippen LogP contribution in [0.15, 0.2) is 12.3 Å². The Labute approximate surface area is 142 Å². The fourth-order valence-corrected chi connectivity index (χ4v) is 2.64. The minimum absolute atomic E-state index is 0.170. The average molecular weight is 334 g/mol. The number of carbonyl (C=O) groups excluding carboxylic acids is 2. The minimum Gasteiger partial charge on any atom is -0.444 e. The van der Waals surface area contributed by atoms with Gasteiger partial charge in [0, 0.05) is 12.7 Å². The number of nitrogens with one attached hydrogen (secondary N) is 1. The molecule has 1 aromatic heterocycles. The lowest BCUT2D eigenvalue weighted by Gasteiger charge is -2.35. The van der Waals surface area contributed by atoms with Crippen molar-refractivity contribution in [2.75, 3.05) is 6.54 Å². The molecule has 1 aliphatic heterocycles. The molecule has 2 heterocycles. The maximum Gasteiger partial charge on any atom is 0.410 e. The zero-order chi connectivity index (χ0) is 17.7. The molecule has 1 unspecified atom stereocenters. The molecule has 1 fully saturated rings. The summed E-state index contributed by atoms with van der Waals surface area (Å²) in [6.07, 6.45) is 3.68. The summed E-state index contributed by atoms with van der Waals surface area (Å²) in [5.41, 5.74) is 0.170. The van der Waals surface area contributed by atoms with E-state index in [1.165, 1.54) is 4.90 Å². The van der Waals surface area contributed by atoms with Crippen molar-refractivity contribution in [2.24, 2.45) is 0 Å². The first-order valence-electron chi connectivity index (χ1n) is 8.32. The Hall–Kier alpha value is -2.18. The predicted octanol–water partition coefficient (Wildman–Crippen LogP) is 2.19. The number of rotatable bonds is 3. The lowest BCUT2D eigenvalue weighted by molar-refractivity contribution is -0.127. The van der Waals surface area contributed by atoms with Crippen molar-refractivity contribution in [1.82, 2.24) is 20.2 Å². The molecule has 0 spiro atoms. The highest BCUT2D eigenvalue weighted by atomic mass is 16.6. The Bertz CT molecular complexity index is 598. The van der Waals surface area contributed by atoms with E-state index in [2.05, 4.69) is 15.3 Å². The van der Waals surface area contributed by atoms with Gasteiger partial charge >= 0.3 is 6.09 Å². The van der Waals surface area contributed by atoms with Crippen molar-refractivity contribution >= 4 is 12.0 Å². The quantitative estimate of drug-likeness (QED) is 0.916. The van der Waals surface area contributed by atoms with Crippen LogP contribution >= 0.6 is 0 Å². The van der Waals surface area contributed by atoms with Crippen LogP contribution in [0.1, 0.15) is 51.6 Å². The van der Waals surface area contributed by atoms with Crippen molar-refractivity contribution in [2.45, 2.75) is 65.1 Å². The SMILES string of the molecule is Cc1nccc(CNC(=O)C2CCCCN2C(=O)OC(C)(C)C)n1. The smallest absolute Gasteiger partial charge is 0.410 e. The van der Waals surface area contributed by atoms with E-state index in [1.54, 1.807) is 19.2 Å². The summed E-state index contributed by atoms with van der Waals surface area (Å²) in [6.45, 7) is 8.13. The second-order valence-corrected chi connectivity index (χ2v) is 7.00. The van der Waals surface area contributed by atoms with Gasteiger partial charge in [-0.2, -0.15) is 0 Å². The summed E-state index contributed by atoms with van der Waals surface area (Å²) in [7, 11) is 0. The molecule has 24 heavy (non-hydrogen) atoms. The van der Waals surface area contributed by atoms with E-state index >= 15 is 0 Å². The van der Waals surface area contributed by atoms with E-state index in [-0.39, 0.29) is 5.91 Å². The van der Waals surface area contributed by atoms with Crippen LogP contribution < -0.4 is 5.32 Å². The van der Waals surface area contributed by atoms with Crippen molar-refractivity contribution < 1.29 is 14.3 Å². The van der Waals surface area contributed by atoms with E-state index in [0.29, 0.717) is 25.3 Å². The third kappa shape index (κ3) is 5.18. The average Bonchev–Trinajstić information content (AvgIpc) is 2.51. The first-order chi connectivity index (χ1) is 11.3. The van der Waals surface area contributed by atoms with E-state index in [0.717, 1.165) is 18.5 Å². The first kappa shape index (κ1) is 18.2. The number of piperidine rings is 1. The van der Waals surface area contributed by atoms with Crippen LogP contribution in [-0.2, 0) is 16.1 Å². The molecular weight excluding hydrogens is 308 g/mol. The summed E-state index contributed by atoms with van der Waals surface area (Å²) < 4.78 is 5.42. The monoisotopic (exact) mass is 334 g/mol. The number of ether oxygens (including phenoxy) is 1. The van der Waals surface area contributed by atoms with Crippen molar-refractivity contribution in [3.8, 4) is 0 Å². The van der Waals surface area contributed by atoms with Gasteiger partial charge in [0.15, 0.2) is 0 Å². The Balaban J connectivity index is 1.98. The summed E-state index contributed by atoms with van der Waals surface area (Å²) in [4.78, 5) is 34.7. The van der Waals surface area contributed by atoms with Crippen molar-refractivity contribution in [3.63, 3.8) is 0 Å². The molecule has 1 aromatic rings. The van der Waals surface area contributed by atoms with Gasteiger partial charge in [0.2, 0.25) is 5.91 Å². The van der Waals surface area contributed by atoms with Gasteiger partial charge in [-0.05, 0) is 53.0 Å². The Kier molecular flexibility index (Phi) is 5.75. The molecule has 1 N–H and O–H groups in total. The molecule has 1 saturated heterocycles. The molecule has 7 heteroatoms. The third-order valence-corrected chi connectivity index (χ3v) is 3.71. The molecule has 0 aromatic carbocycles. The zero-order valence-corrected chi connectivity index (χ0v) is 14.8. The molecule has 1 atom stereocenters. The molecule has 132 valence electrons. The van der Waals surface area contributed by atoms with Crippen molar-refractivity contribution in [1.29, 1.82) is 0 Å². The highest BCUT2D eigenvalue weighted by molar-refractivity contribution is 5.85. The van der Waals surface area contributed by atoms with Gasteiger partial charge < -0.3 is 10.1 Å². The Morgan fingerprint density at radius 2 is 2.12 bits per heavy atom. The molecule has 7 nitrogen and oxygen atoms in total. The first-order valence-corrected chi connectivity index (χ1v) is 8.32. The highest BCUT2D eigenvalue weighted by Crippen LogP contribution is 2.20. The fourth-order valence-electron chi connectivity index (χ4n) is 2.64. The number of carbonyl (C=O) groups is 2. The van der Waals surface area contributed by atoms with Crippen LogP contribution in [0, 0.1) is 6.92 Å². The van der Waals surface area contributed by atoms with E-state index in [4.69, 9.17) is 4.74 Å².